The molecule has 0 aliphatic heterocycles. The number of carbonyl (C=O) groups is 2. The topological polar surface area (TPSA) is 76.7 Å². The normalized spacial score (nSPS) is 24.9. The molecule has 0 saturated heterocycles. The number of allylic oxidation sites excluding steroid dienone is 2. The molecule has 0 aromatic heterocycles. The van der Waals surface area contributed by atoms with E-state index < -0.39 is 0 Å². The molecule has 0 spiro atoms. The van der Waals surface area contributed by atoms with Crippen LogP contribution in [0, 0.1) is 11.8 Å². The summed E-state index contributed by atoms with van der Waals surface area (Å²) in [5, 5.41) is 7.42. The fraction of sp³-hybridized carbons (Fsp3) is 0.833. The van der Waals surface area contributed by atoms with Crippen LogP contribution in [0.15, 0.2) is 22.5 Å². The van der Waals surface area contributed by atoms with Gasteiger partial charge < -0.3 is 20.1 Å². The molecule has 3 aliphatic rings. The molecule has 0 unspecified atom stereocenters. The molecule has 2 fully saturated rings. The average molecular weight is 587 g/mol. The van der Waals surface area contributed by atoms with Crippen LogP contribution < -0.4 is 10.6 Å². The van der Waals surface area contributed by atoms with Crippen LogP contribution in [-0.4, -0.2) is 38.2 Å². The first kappa shape index (κ1) is 34.5. The molecule has 0 heterocycles. The van der Waals surface area contributed by atoms with Gasteiger partial charge in [0.1, 0.15) is 0 Å². The Morgan fingerprint density at radius 1 is 0.571 bits per heavy atom. The SMILES string of the molecule is CCCCCCCC1CCC(NC2=C(C(=O)OC)CC(NC3CCC(CCCCCCC)CC3)=C(C(=O)OC)C2)CC1. The first-order valence-electron chi connectivity index (χ1n) is 17.6. The molecule has 0 aromatic carbocycles. The predicted molar refractivity (Wildman–Crippen MR) is 172 cm³/mol. The van der Waals surface area contributed by atoms with E-state index in [1.165, 1.54) is 117 Å². The Hall–Kier alpha value is -1.98. The maximum atomic E-state index is 13.0. The Kier molecular flexibility index (Phi) is 15.9. The van der Waals surface area contributed by atoms with Crippen LogP contribution in [0.4, 0.5) is 0 Å². The van der Waals surface area contributed by atoms with Gasteiger partial charge in [-0.25, -0.2) is 9.59 Å². The van der Waals surface area contributed by atoms with Gasteiger partial charge in [-0.3, -0.25) is 0 Å². The Labute approximate surface area is 257 Å². The van der Waals surface area contributed by atoms with Crippen molar-refractivity contribution in [3.63, 3.8) is 0 Å². The number of hydrogen-bond donors (Lipinski definition) is 2. The third-order valence-electron chi connectivity index (χ3n) is 10.2. The Balaban J connectivity index is 1.56. The summed E-state index contributed by atoms with van der Waals surface area (Å²) in [5.41, 5.74) is 3.02. The third kappa shape index (κ3) is 11.3. The molecule has 240 valence electrons. The van der Waals surface area contributed by atoms with Crippen LogP contribution in [-0.2, 0) is 19.1 Å². The van der Waals surface area contributed by atoms with Gasteiger partial charge in [-0.2, -0.15) is 0 Å². The zero-order valence-corrected chi connectivity index (χ0v) is 27.5. The average Bonchev–Trinajstić information content (AvgIpc) is 3.02. The van der Waals surface area contributed by atoms with E-state index in [1.807, 2.05) is 0 Å². The highest BCUT2D eigenvalue weighted by atomic mass is 16.5. The lowest BCUT2D eigenvalue weighted by atomic mass is 9.81. The number of ether oxygens (including phenoxy) is 2. The van der Waals surface area contributed by atoms with E-state index in [0.717, 1.165) is 48.9 Å². The Morgan fingerprint density at radius 3 is 1.26 bits per heavy atom. The minimum absolute atomic E-state index is 0.298. The molecule has 6 nitrogen and oxygen atoms in total. The highest BCUT2D eigenvalue weighted by molar-refractivity contribution is 5.95. The smallest absolute Gasteiger partial charge is 0.335 e. The summed E-state index contributed by atoms with van der Waals surface area (Å²) in [5.74, 6) is 1.05. The van der Waals surface area contributed by atoms with Crippen molar-refractivity contribution in [2.75, 3.05) is 14.2 Å². The van der Waals surface area contributed by atoms with E-state index in [4.69, 9.17) is 9.47 Å². The highest BCUT2D eigenvalue weighted by Crippen LogP contribution is 2.35. The summed E-state index contributed by atoms with van der Waals surface area (Å²) in [6.07, 6.45) is 26.3. The van der Waals surface area contributed by atoms with Gasteiger partial charge in [0.05, 0.1) is 25.4 Å². The molecule has 3 rings (SSSR count). The molecule has 0 atom stereocenters. The minimum atomic E-state index is -0.298. The molecule has 6 heteroatoms. The quantitative estimate of drug-likeness (QED) is 0.124. The molecule has 0 amide bonds. The van der Waals surface area contributed by atoms with Gasteiger partial charge in [-0.05, 0) is 63.2 Å². The number of rotatable bonds is 18. The number of unbranched alkanes of at least 4 members (excludes halogenated alkanes) is 8. The minimum Gasteiger partial charge on any atom is -0.466 e. The van der Waals surface area contributed by atoms with Crippen molar-refractivity contribution < 1.29 is 19.1 Å². The second-order valence-electron chi connectivity index (χ2n) is 13.4. The van der Waals surface area contributed by atoms with Crippen molar-refractivity contribution in [3.05, 3.63) is 22.5 Å². The molecule has 42 heavy (non-hydrogen) atoms. The van der Waals surface area contributed by atoms with Gasteiger partial charge in [-0.15, -0.1) is 0 Å². The van der Waals surface area contributed by atoms with Gasteiger partial charge in [0, 0.05) is 36.3 Å². The van der Waals surface area contributed by atoms with Crippen LogP contribution in [0.25, 0.3) is 0 Å². The Morgan fingerprint density at radius 2 is 0.929 bits per heavy atom. The van der Waals surface area contributed by atoms with Crippen LogP contribution in [0.1, 0.15) is 155 Å². The van der Waals surface area contributed by atoms with E-state index in [0.29, 0.717) is 36.1 Å². The summed E-state index contributed by atoms with van der Waals surface area (Å²) >= 11 is 0. The van der Waals surface area contributed by atoms with Crippen LogP contribution in [0.5, 0.6) is 0 Å². The fourth-order valence-corrected chi connectivity index (χ4v) is 7.45. The van der Waals surface area contributed by atoms with Gasteiger partial charge in [0.2, 0.25) is 0 Å². The summed E-state index contributed by atoms with van der Waals surface area (Å²) in [6.45, 7) is 4.54. The Bertz CT molecular complexity index is 807. The van der Waals surface area contributed by atoms with Gasteiger partial charge >= 0.3 is 11.9 Å². The maximum Gasteiger partial charge on any atom is 0.335 e. The summed E-state index contributed by atoms with van der Waals surface area (Å²) < 4.78 is 10.5. The first-order valence-corrected chi connectivity index (χ1v) is 17.6. The van der Waals surface area contributed by atoms with Crippen molar-refractivity contribution in [1.82, 2.24) is 10.6 Å². The van der Waals surface area contributed by atoms with Crippen molar-refractivity contribution in [1.29, 1.82) is 0 Å². The number of carbonyl (C=O) groups excluding carboxylic acids is 2. The standard InChI is InChI=1S/C36H62N2O4/c1-5-7-9-11-13-15-27-17-21-29(22-18-27)37-33-25-32(36(40)42-4)34(26-31(33)35(39)41-3)38-30-23-19-28(20-24-30)16-14-12-10-8-6-2/h27-30,37-38H,5-26H2,1-4H3. The molecule has 0 radical (unpaired) electrons. The maximum absolute atomic E-state index is 13.0. The predicted octanol–water partition coefficient (Wildman–Crippen LogP) is 8.65. The van der Waals surface area contributed by atoms with Crippen molar-refractivity contribution >= 4 is 11.9 Å². The second-order valence-corrected chi connectivity index (χ2v) is 13.4. The molecular formula is C36H62N2O4. The summed E-state index contributed by atoms with van der Waals surface area (Å²) in [4.78, 5) is 25.9. The monoisotopic (exact) mass is 586 g/mol. The molecule has 2 saturated carbocycles. The lowest BCUT2D eigenvalue weighted by molar-refractivity contribution is -0.137. The number of nitrogens with one attached hydrogen (secondary N) is 2. The van der Waals surface area contributed by atoms with Crippen molar-refractivity contribution in [2.45, 2.75) is 167 Å². The summed E-state index contributed by atoms with van der Waals surface area (Å²) in [6, 6.07) is 0.670. The van der Waals surface area contributed by atoms with E-state index in [-0.39, 0.29) is 11.9 Å². The van der Waals surface area contributed by atoms with E-state index in [1.54, 1.807) is 0 Å². The first-order chi connectivity index (χ1) is 20.5. The molecule has 0 bridgehead atoms. The van der Waals surface area contributed by atoms with E-state index >= 15 is 0 Å². The van der Waals surface area contributed by atoms with Crippen LogP contribution in [0.3, 0.4) is 0 Å². The van der Waals surface area contributed by atoms with Gasteiger partial charge in [0.25, 0.3) is 0 Å². The number of esters is 2. The summed E-state index contributed by atoms with van der Waals surface area (Å²) in [7, 11) is 2.91. The number of hydrogen-bond acceptors (Lipinski definition) is 6. The second kappa shape index (κ2) is 19.3. The number of methoxy groups -OCH3 is 2. The van der Waals surface area contributed by atoms with Gasteiger partial charge in [-0.1, -0.05) is 90.9 Å². The molecule has 3 aliphatic carbocycles. The molecular weight excluding hydrogens is 524 g/mol. The van der Waals surface area contributed by atoms with E-state index in [9.17, 15) is 9.59 Å². The lowest BCUT2D eigenvalue weighted by Gasteiger charge is -2.35. The van der Waals surface area contributed by atoms with Crippen molar-refractivity contribution in [3.8, 4) is 0 Å². The lowest BCUT2D eigenvalue weighted by Crippen LogP contribution is -2.39. The zero-order chi connectivity index (χ0) is 30.2. The largest absolute Gasteiger partial charge is 0.466 e. The third-order valence-corrected chi connectivity index (χ3v) is 10.2. The molecule has 0 aromatic rings. The highest BCUT2D eigenvalue weighted by Gasteiger charge is 2.33. The van der Waals surface area contributed by atoms with Crippen LogP contribution >= 0.6 is 0 Å². The van der Waals surface area contributed by atoms with Gasteiger partial charge in [0.15, 0.2) is 0 Å². The van der Waals surface area contributed by atoms with Crippen LogP contribution in [0.2, 0.25) is 0 Å². The fourth-order valence-electron chi connectivity index (χ4n) is 7.45. The molecule has 2 N–H and O–H groups in total. The van der Waals surface area contributed by atoms with E-state index in [2.05, 4.69) is 24.5 Å². The zero-order valence-electron chi connectivity index (χ0n) is 27.5. The van der Waals surface area contributed by atoms with Crippen molar-refractivity contribution in [2.24, 2.45) is 11.8 Å².